The van der Waals surface area contributed by atoms with E-state index in [1.807, 2.05) is 6.07 Å². The SMILES string of the molecule is N#Cc1ccccc1Oc1ccc(C=O)cc1Cl. The molecule has 0 aliphatic rings. The van der Waals surface area contributed by atoms with Crippen LogP contribution in [0, 0.1) is 11.3 Å². The van der Waals surface area contributed by atoms with Gasteiger partial charge in [-0.05, 0) is 30.3 Å². The summed E-state index contributed by atoms with van der Waals surface area (Å²) in [7, 11) is 0. The Morgan fingerprint density at radius 3 is 2.61 bits per heavy atom. The van der Waals surface area contributed by atoms with Gasteiger partial charge in [-0.3, -0.25) is 4.79 Å². The molecular formula is C14H8ClNO2. The van der Waals surface area contributed by atoms with Gasteiger partial charge in [-0.1, -0.05) is 23.7 Å². The van der Waals surface area contributed by atoms with Crippen LogP contribution in [0.1, 0.15) is 15.9 Å². The zero-order valence-electron chi connectivity index (χ0n) is 9.26. The summed E-state index contributed by atoms with van der Waals surface area (Å²) in [5, 5.41) is 9.26. The summed E-state index contributed by atoms with van der Waals surface area (Å²) < 4.78 is 5.56. The van der Waals surface area contributed by atoms with Gasteiger partial charge in [0.25, 0.3) is 0 Å². The number of carbonyl (C=O) groups is 1. The lowest BCUT2D eigenvalue weighted by atomic mass is 10.2. The van der Waals surface area contributed by atoms with E-state index < -0.39 is 0 Å². The number of hydrogen-bond acceptors (Lipinski definition) is 3. The summed E-state index contributed by atoms with van der Waals surface area (Å²) in [6.07, 6.45) is 0.707. The van der Waals surface area contributed by atoms with Crippen molar-refractivity contribution in [1.82, 2.24) is 0 Å². The molecule has 18 heavy (non-hydrogen) atoms. The van der Waals surface area contributed by atoms with E-state index in [-0.39, 0.29) is 0 Å². The quantitative estimate of drug-likeness (QED) is 0.786. The molecule has 2 rings (SSSR count). The van der Waals surface area contributed by atoms with Crippen LogP contribution in [0.2, 0.25) is 5.02 Å². The number of nitrogens with zero attached hydrogens (tertiary/aromatic N) is 1. The summed E-state index contributed by atoms with van der Waals surface area (Å²) in [6.45, 7) is 0. The first-order valence-electron chi connectivity index (χ1n) is 5.16. The van der Waals surface area contributed by atoms with E-state index in [2.05, 4.69) is 0 Å². The number of halogens is 1. The van der Waals surface area contributed by atoms with Gasteiger partial charge in [0.05, 0.1) is 10.6 Å². The van der Waals surface area contributed by atoms with Crippen LogP contribution in [0.15, 0.2) is 42.5 Å². The van der Waals surface area contributed by atoms with Gasteiger partial charge < -0.3 is 4.74 Å². The molecule has 0 aliphatic carbocycles. The molecule has 0 aliphatic heterocycles. The van der Waals surface area contributed by atoms with Crippen LogP contribution in [-0.4, -0.2) is 6.29 Å². The first-order chi connectivity index (χ1) is 8.74. The predicted molar refractivity (Wildman–Crippen MR) is 68.1 cm³/mol. The van der Waals surface area contributed by atoms with Crippen LogP contribution in [-0.2, 0) is 0 Å². The minimum atomic E-state index is 0.326. The van der Waals surface area contributed by atoms with Crippen LogP contribution in [0.3, 0.4) is 0 Å². The summed E-state index contributed by atoms with van der Waals surface area (Å²) >= 11 is 5.99. The largest absolute Gasteiger partial charge is 0.454 e. The summed E-state index contributed by atoms with van der Waals surface area (Å²) in [6, 6.07) is 13.6. The lowest BCUT2D eigenvalue weighted by Crippen LogP contribution is -1.89. The zero-order valence-corrected chi connectivity index (χ0v) is 10.0. The van der Waals surface area contributed by atoms with E-state index in [1.54, 1.807) is 36.4 Å². The fourth-order valence-electron chi connectivity index (χ4n) is 1.44. The Hall–Kier alpha value is -2.31. The molecular weight excluding hydrogens is 250 g/mol. The molecule has 0 bridgehead atoms. The van der Waals surface area contributed by atoms with E-state index in [0.717, 1.165) is 0 Å². The summed E-state index contributed by atoms with van der Waals surface area (Å²) in [5.74, 6) is 0.839. The molecule has 2 aromatic carbocycles. The van der Waals surface area contributed by atoms with Crippen LogP contribution < -0.4 is 4.74 Å². The van der Waals surface area contributed by atoms with Crippen LogP contribution >= 0.6 is 11.6 Å². The Morgan fingerprint density at radius 1 is 1.17 bits per heavy atom. The number of nitriles is 1. The second-order valence-electron chi connectivity index (χ2n) is 3.52. The highest BCUT2D eigenvalue weighted by Gasteiger charge is 2.07. The second-order valence-corrected chi connectivity index (χ2v) is 3.92. The molecule has 0 fully saturated rings. The fourth-order valence-corrected chi connectivity index (χ4v) is 1.67. The van der Waals surface area contributed by atoms with Crippen molar-refractivity contribution in [2.45, 2.75) is 0 Å². The molecule has 0 saturated carbocycles. The van der Waals surface area contributed by atoms with E-state index in [0.29, 0.717) is 33.9 Å². The molecule has 0 unspecified atom stereocenters. The van der Waals surface area contributed by atoms with Crippen molar-refractivity contribution >= 4 is 17.9 Å². The maximum Gasteiger partial charge on any atom is 0.150 e. The van der Waals surface area contributed by atoms with Gasteiger partial charge in [-0.2, -0.15) is 5.26 Å². The first-order valence-corrected chi connectivity index (χ1v) is 5.54. The molecule has 0 heterocycles. The number of hydrogen-bond donors (Lipinski definition) is 0. The Bertz CT molecular complexity index is 632. The van der Waals surface area contributed by atoms with Crippen molar-refractivity contribution in [3.8, 4) is 17.6 Å². The van der Waals surface area contributed by atoms with Crippen molar-refractivity contribution < 1.29 is 9.53 Å². The molecule has 0 radical (unpaired) electrons. The number of benzene rings is 2. The van der Waals surface area contributed by atoms with Gasteiger partial charge in [0.15, 0.2) is 0 Å². The number of ether oxygens (including phenoxy) is 1. The fraction of sp³-hybridized carbons (Fsp3) is 0. The summed E-state index contributed by atoms with van der Waals surface area (Å²) in [5.41, 5.74) is 0.897. The Balaban J connectivity index is 2.35. The third-order valence-corrected chi connectivity index (χ3v) is 2.61. The van der Waals surface area contributed by atoms with Gasteiger partial charge in [-0.15, -0.1) is 0 Å². The lowest BCUT2D eigenvalue weighted by Gasteiger charge is -2.08. The molecule has 0 aromatic heterocycles. The van der Waals surface area contributed by atoms with Crippen molar-refractivity contribution in [2.24, 2.45) is 0 Å². The molecule has 0 amide bonds. The van der Waals surface area contributed by atoms with Gasteiger partial charge in [0.2, 0.25) is 0 Å². The van der Waals surface area contributed by atoms with Gasteiger partial charge in [-0.25, -0.2) is 0 Å². The number of rotatable bonds is 3. The van der Waals surface area contributed by atoms with Crippen molar-refractivity contribution in [1.29, 1.82) is 5.26 Å². The van der Waals surface area contributed by atoms with Gasteiger partial charge in [0.1, 0.15) is 23.9 Å². The van der Waals surface area contributed by atoms with E-state index >= 15 is 0 Å². The van der Waals surface area contributed by atoms with E-state index in [1.165, 1.54) is 6.07 Å². The maximum atomic E-state index is 10.6. The molecule has 88 valence electrons. The lowest BCUT2D eigenvalue weighted by molar-refractivity contribution is 0.112. The standard InChI is InChI=1S/C14H8ClNO2/c15-12-7-10(9-17)5-6-14(12)18-13-4-2-1-3-11(13)8-16/h1-7,9H. The van der Waals surface area contributed by atoms with E-state index in [4.69, 9.17) is 21.6 Å². The number of para-hydroxylation sites is 1. The van der Waals surface area contributed by atoms with Crippen LogP contribution in [0.5, 0.6) is 11.5 Å². The average molecular weight is 258 g/mol. The topological polar surface area (TPSA) is 50.1 Å². The Labute approximate surface area is 109 Å². The molecule has 2 aromatic rings. The molecule has 0 atom stereocenters. The Kier molecular flexibility index (Phi) is 3.61. The normalized spacial score (nSPS) is 9.56. The molecule has 0 saturated heterocycles. The molecule has 3 nitrogen and oxygen atoms in total. The smallest absolute Gasteiger partial charge is 0.150 e. The minimum Gasteiger partial charge on any atom is -0.454 e. The molecule has 0 N–H and O–H groups in total. The van der Waals surface area contributed by atoms with Crippen molar-refractivity contribution in [2.75, 3.05) is 0 Å². The monoisotopic (exact) mass is 257 g/mol. The maximum absolute atomic E-state index is 10.6. The highest BCUT2D eigenvalue weighted by atomic mass is 35.5. The van der Waals surface area contributed by atoms with Crippen molar-refractivity contribution in [3.05, 3.63) is 58.6 Å². The van der Waals surface area contributed by atoms with Gasteiger partial charge in [0, 0.05) is 5.56 Å². The number of carbonyl (C=O) groups excluding carboxylic acids is 1. The minimum absolute atomic E-state index is 0.326. The highest BCUT2D eigenvalue weighted by molar-refractivity contribution is 6.32. The van der Waals surface area contributed by atoms with Crippen LogP contribution in [0.25, 0.3) is 0 Å². The third-order valence-electron chi connectivity index (χ3n) is 2.32. The molecule has 4 heteroatoms. The average Bonchev–Trinajstić information content (AvgIpc) is 2.41. The first kappa shape index (κ1) is 12.2. The summed E-state index contributed by atoms with van der Waals surface area (Å²) in [4.78, 5) is 10.6. The third kappa shape index (κ3) is 2.50. The predicted octanol–water partition coefficient (Wildman–Crippen LogP) is 3.82. The van der Waals surface area contributed by atoms with E-state index in [9.17, 15) is 4.79 Å². The highest BCUT2D eigenvalue weighted by Crippen LogP contribution is 2.31. The van der Waals surface area contributed by atoms with Crippen molar-refractivity contribution in [3.63, 3.8) is 0 Å². The zero-order chi connectivity index (χ0) is 13.0. The second kappa shape index (κ2) is 5.35. The van der Waals surface area contributed by atoms with Gasteiger partial charge >= 0.3 is 0 Å². The number of aldehydes is 1. The molecule has 0 spiro atoms. The van der Waals surface area contributed by atoms with Crippen LogP contribution in [0.4, 0.5) is 0 Å². The Morgan fingerprint density at radius 2 is 1.94 bits per heavy atom.